The molecule has 3 aromatic rings. The van der Waals surface area contributed by atoms with Crippen LogP contribution in [0.4, 0.5) is 5.69 Å². The van der Waals surface area contributed by atoms with Crippen LogP contribution in [0.5, 0.6) is 5.88 Å². The molecule has 1 saturated heterocycles. The van der Waals surface area contributed by atoms with E-state index < -0.39 is 0 Å². The number of hydrogen-bond acceptors (Lipinski definition) is 5. The van der Waals surface area contributed by atoms with Gasteiger partial charge in [0.2, 0.25) is 0 Å². The summed E-state index contributed by atoms with van der Waals surface area (Å²) in [5.41, 5.74) is 3.58. The number of likely N-dealkylation sites (tertiary alicyclic amines) is 1. The van der Waals surface area contributed by atoms with Crippen molar-refractivity contribution in [3.8, 4) is 5.88 Å². The molecule has 2 aromatic heterocycles. The average Bonchev–Trinajstić information content (AvgIpc) is 3.66. The number of rotatable bonds is 8. The highest BCUT2D eigenvalue weighted by molar-refractivity contribution is 6.14. The summed E-state index contributed by atoms with van der Waals surface area (Å²) in [5.74, 6) is 0.592. The Morgan fingerprint density at radius 1 is 1.22 bits per heavy atom. The molecule has 1 amide bonds. The third kappa shape index (κ3) is 5.59. The van der Waals surface area contributed by atoms with E-state index in [4.69, 9.17) is 4.99 Å². The van der Waals surface area contributed by atoms with Crippen LogP contribution in [0, 0.1) is 5.92 Å². The fourth-order valence-corrected chi connectivity index (χ4v) is 5.88. The minimum Gasteiger partial charge on any atom is -0.494 e. The molecule has 0 atom stereocenters. The molecule has 0 bridgehead atoms. The predicted octanol–water partition coefficient (Wildman–Crippen LogP) is 5.57. The highest BCUT2D eigenvalue weighted by Crippen LogP contribution is 2.32. The Balaban J connectivity index is 1.36. The Morgan fingerprint density at radius 2 is 1.97 bits per heavy atom. The van der Waals surface area contributed by atoms with E-state index in [0.717, 1.165) is 54.8 Å². The van der Waals surface area contributed by atoms with Gasteiger partial charge in [-0.25, -0.2) is 4.99 Å². The van der Waals surface area contributed by atoms with Crippen LogP contribution in [0.15, 0.2) is 35.6 Å². The van der Waals surface area contributed by atoms with E-state index in [-0.39, 0.29) is 11.8 Å². The number of aromatic amines is 1. The van der Waals surface area contributed by atoms with Crippen LogP contribution in [-0.4, -0.2) is 62.1 Å². The molecular formula is C29H40N6O2. The van der Waals surface area contributed by atoms with Crippen molar-refractivity contribution >= 4 is 28.2 Å². The molecule has 37 heavy (non-hydrogen) atoms. The molecule has 3 heterocycles. The van der Waals surface area contributed by atoms with Crippen molar-refractivity contribution in [3.05, 3.63) is 41.7 Å². The maximum absolute atomic E-state index is 12.9. The quantitative estimate of drug-likeness (QED) is 0.350. The third-order valence-electron chi connectivity index (χ3n) is 8.15. The smallest absolute Gasteiger partial charge is 0.251 e. The van der Waals surface area contributed by atoms with Crippen molar-refractivity contribution in [3.63, 3.8) is 0 Å². The molecule has 0 unspecified atom stereocenters. The van der Waals surface area contributed by atoms with Gasteiger partial charge in [0, 0.05) is 42.1 Å². The van der Waals surface area contributed by atoms with Crippen molar-refractivity contribution in [2.75, 3.05) is 19.6 Å². The van der Waals surface area contributed by atoms with Crippen molar-refractivity contribution in [1.29, 1.82) is 0 Å². The SMILES string of the molecule is CCC(=Nc1cnn(C2CCN(C(C)C)CC2)c1)c1c(O)[nH]c2ccc(C(=O)NCC3CCCC3)cc12. The monoisotopic (exact) mass is 504 g/mol. The van der Waals surface area contributed by atoms with Crippen LogP contribution in [0.1, 0.15) is 87.7 Å². The lowest BCUT2D eigenvalue weighted by molar-refractivity contribution is 0.0947. The number of aliphatic imine (C=N–C) groups is 1. The first kappa shape index (κ1) is 25.5. The van der Waals surface area contributed by atoms with Gasteiger partial charge in [-0.15, -0.1) is 0 Å². The first-order valence-corrected chi connectivity index (χ1v) is 13.9. The normalized spacial score (nSPS) is 18.3. The number of carbonyl (C=O) groups is 1. The van der Waals surface area contributed by atoms with Gasteiger partial charge in [0.15, 0.2) is 5.88 Å². The van der Waals surface area contributed by atoms with Gasteiger partial charge >= 0.3 is 0 Å². The van der Waals surface area contributed by atoms with E-state index >= 15 is 0 Å². The Morgan fingerprint density at radius 3 is 2.68 bits per heavy atom. The van der Waals surface area contributed by atoms with Crippen LogP contribution in [0.3, 0.4) is 0 Å². The number of benzene rings is 1. The lowest BCUT2D eigenvalue weighted by Crippen LogP contribution is -2.39. The topological polar surface area (TPSA) is 98.5 Å². The Labute approximate surface area is 219 Å². The van der Waals surface area contributed by atoms with Crippen LogP contribution >= 0.6 is 0 Å². The molecule has 0 spiro atoms. The van der Waals surface area contributed by atoms with Gasteiger partial charge in [-0.3, -0.25) is 9.48 Å². The second-order valence-corrected chi connectivity index (χ2v) is 10.9. The number of nitrogens with one attached hydrogen (secondary N) is 2. The fraction of sp³-hybridized carbons (Fsp3) is 0.552. The van der Waals surface area contributed by atoms with Gasteiger partial charge in [0.25, 0.3) is 5.91 Å². The molecule has 1 aromatic carbocycles. The van der Waals surface area contributed by atoms with E-state index in [9.17, 15) is 9.90 Å². The summed E-state index contributed by atoms with van der Waals surface area (Å²) in [6.07, 6.45) is 11.5. The van der Waals surface area contributed by atoms with Crippen LogP contribution in [-0.2, 0) is 0 Å². The molecule has 2 fully saturated rings. The molecule has 2 aliphatic rings. The highest BCUT2D eigenvalue weighted by Gasteiger charge is 2.23. The Kier molecular flexibility index (Phi) is 7.65. The molecule has 1 saturated carbocycles. The molecule has 8 heteroatoms. The number of aromatic hydroxyl groups is 1. The van der Waals surface area contributed by atoms with E-state index in [1.165, 1.54) is 25.7 Å². The predicted molar refractivity (Wildman–Crippen MR) is 148 cm³/mol. The van der Waals surface area contributed by atoms with Crippen molar-refractivity contribution in [2.45, 2.75) is 77.8 Å². The standard InChI is InChI=1S/C29H40N6O2/c1-4-25(32-22-17-31-35(18-22)23-11-13-34(14-12-23)19(2)3)27-24-15-21(9-10-26(24)33-29(27)37)28(36)30-16-20-7-5-6-8-20/h9-10,15,17-20,23,33,37H,4-8,11-14,16H2,1-3H3,(H,30,36). The van der Waals surface area contributed by atoms with Crippen molar-refractivity contribution in [2.24, 2.45) is 10.9 Å². The average molecular weight is 505 g/mol. The van der Waals surface area contributed by atoms with E-state index in [0.29, 0.717) is 35.5 Å². The number of amides is 1. The summed E-state index contributed by atoms with van der Waals surface area (Å²) in [6, 6.07) is 6.49. The van der Waals surface area contributed by atoms with E-state index in [2.05, 4.69) is 34.1 Å². The number of piperidine rings is 1. The Bertz CT molecular complexity index is 1260. The van der Waals surface area contributed by atoms with Gasteiger partial charge in [-0.1, -0.05) is 19.8 Å². The number of carbonyl (C=O) groups excluding carboxylic acids is 1. The maximum atomic E-state index is 12.9. The summed E-state index contributed by atoms with van der Waals surface area (Å²) in [5, 5.41) is 19.3. The number of hydrogen-bond donors (Lipinski definition) is 3. The zero-order valence-corrected chi connectivity index (χ0v) is 22.3. The zero-order valence-electron chi connectivity index (χ0n) is 22.3. The first-order chi connectivity index (χ1) is 17.9. The molecule has 8 nitrogen and oxygen atoms in total. The number of nitrogens with zero attached hydrogens (tertiary/aromatic N) is 4. The van der Waals surface area contributed by atoms with Crippen LogP contribution < -0.4 is 5.32 Å². The minimum absolute atomic E-state index is 0.0692. The second-order valence-electron chi connectivity index (χ2n) is 10.9. The molecule has 3 N–H and O–H groups in total. The molecule has 1 aliphatic carbocycles. The summed E-state index contributed by atoms with van der Waals surface area (Å²) in [4.78, 5) is 23.3. The molecule has 5 rings (SSSR count). The lowest BCUT2D eigenvalue weighted by atomic mass is 10.0. The first-order valence-electron chi connectivity index (χ1n) is 13.9. The van der Waals surface area contributed by atoms with E-state index in [1.807, 2.05) is 36.0 Å². The lowest BCUT2D eigenvalue weighted by Gasteiger charge is -2.34. The Hall–Kier alpha value is -3.13. The van der Waals surface area contributed by atoms with Gasteiger partial charge in [0.1, 0.15) is 5.69 Å². The summed E-state index contributed by atoms with van der Waals surface area (Å²) in [6.45, 7) is 9.42. The highest BCUT2D eigenvalue weighted by atomic mass is 16.3. The number of H-pyrrole nitrogens is 1. The summed E-state index contributed by atoms with van der Waals surface area (Å²) < 4.78 is 2.05. The second kappa shape index (κ2) is 11.1. The fourth-order valence-electron chi connectivity index (χ4n) is 5.88. The van der Waals surface area contributed by atoms with E-state index in [1.54, 1.807) is 6.20 Å². The van der Waals surface area contributed by atoms with Crippen molar-refractivity contribution in [1.82, 2.24) is 25.0 Å². The maximum Gasteiger partial charge on any atom is 0.251 e. The number of fused-ring (bicyclic) bond motifs is 1. The van der Waals surface area contributed by atoms with Crippen LogP contribution in [0.2, 0.25) is 0 Å². The van der Waals surface area contributed by atoms with Crippen LogP contribution in [0.25, 0.3) is 10.9 Å². The minimum atomic E-state index is -0.0692. The summed E-state index contributed by atoms with van der Waals surface area (Å²) >= 11 is 0. The molecular weight excluding hydrogens is 464 g/mol. The molecule has 1 aliphatic heterocycles. The number of aromatic nitrogens is 3. The van der Waals surface area contributed by atoms with Gasteiger partial charge in [0.05, 0.1) is 29.7 Å². The third-order valence-corrected chi connectivity index (χ3v) is 8.15. The van der Waals surface area contributed by atoms with Gasteiger partial charge < -0.3 is 20.3 Å². The van der Waals surface area contributed by atoms with Crippen molar-refractivity contribution < 1.29 is 9.90 Å². The molecule has 198 valence electrons. The van der Waals surface area contributed by atoms with Gasteiger partial charge in [-0.2, -0.15) is 5.10 Å². The van der Waals surface area contributed by atoms with Gasteiger partial charge in [-0.05, 0) is 70.1 Å². The zero-order chi connectivity index (χ0) is 25.9. The largest absolute Gasteiger partial charge is 0.494 e. The summed E-state index contributed by atoms with van der Waals surface area (Å²) in [7, 11) is 0. The molecule has 0 radical (unpaired) electrons.